The van der Waals surface area contributed by atoms with Crippen molar-refractivity contribution in [1.29, 1.82) is 0 Å². The standard InChI is InChI=1S/C25H27N3O2S/c1-16-10-12-18(13-11-16)22-27-21-14-25(3,4)30-15-20(21)24(28-22)31-17(2)23(29)26-19-8-6-5-7-9-19/h5-13,17H,14-15H2,1-4H3,(H,26,29)/t17-/m1/s1. The molecular formula is C25H27N3O2S. The zero-order valence-electron chi connectivity index (χ0n) is 18.3. The number of benzene rings is 2. The fourth-order valence-corrected chi connectivity index (χ4v) is 4.40. The number of carbonyl (C=O) groups excluding carboxylic acids is 1. The Hall–Kier alpha value is -2.70. The van der Waals surface area contributed by atoms with Gasteiger partial charge >= 0.3 is 0 Å². The third kappa shape index (κ3) is 5.14. The van der Waals surface area contributed by atoms with E-state index in [1.165, 1.54) is 17.3 Å². The molecule has 0 radical (unpaired) electrons. The number of aromatic nitrogens is 2. The lowest BCUT2D eigenvalue weighted by atomic mass is 9.96. The van der Waals surface area contributed by atoms with Crippen LogP contribution in [0.25, 0.3) is 11.4 Å². The summed E-state index contributed by atoms with van der Waals surface area (Å²) < 4.78 is 6.04. The maximum Gasteiger partial charge on any atom is 0.237 e. The van der Waals surface area contributed by atoms with E-state index in [1.54, 1.807) is 0 Å². The lowest BCUT2D eigenvalue weighted by molar-refractivity contribution is -0.115. The summed E-state index contributed by atoms with van der Waals surface area (Å²) >= 11 is 1.45. The fourth-order valence-electron chi connectivity index (χ4n) is 3.44. The van der Waals surface area contributed by atoms with Crippen molar-refractivity contribution in [3.8, 4) is 11.4 Å². The van der Waals surface area contributed by atoms with Crippen LogP contribution in [0, 0.1) is 6.92 Å². The van der Waals surface area contributed by atoms with Crippen LogP contribution < -0.4 is 5.32 Å². The van der Waals surface area contributed by atoms with Crippen LogP contribution in [0.3, 0.4) is 0 Å². The molecule has 1 N–H and O–H groups in total. The number of hydrogen-bond acceptors (Lipinski definition) is 5. The van der Waals surface area contributed by atoms with E-state index >= 15 is 0 Å². The highest BCUT2D eigenvalue weighted by atomic mass is 32.2. The maximum atomic E-state index is 12.8. The number of nitrogens with one attached hydrogen (secondary N) is 1. The fraction of sp³-hybridized carbons (Fsp3) is 0.320. The molecule has 160 valence electrons. The Bertz CT molecular complexity index is 1080. The predicted molar refractivity (Wildman–Crippen MR) is 125 cm³/mol. The van der Waals surface area contributed by atoms with Crippen LogP contribution in [0.4, 0.5) is 5.69 Å². The van der Waals surface area contributed by atoms with E-state index in [-0.39, 0.29) is 16.8 Å². The molecule has 1 amide bonds. The van der Waals surface area contributed by atoms with Gasteiger partial charge in [0.1, 0.15) is 5.03 Å². The normalized spacial score (nSPS) is 15.7. The number of hydrogen-bond donors (Lipinski definition) is 1. The number of fused-ring (bicyclic) bond motifs is 1. The molecule has 0 unspecified atom stereocenters. The highest BCUT2D eigenvalue weighted by Gasteiger charge is 2.31. The summed E-state index contributed by atoms with van der Waals surface area (Å²) in [6, 6.07) is 17.7. The average Bonchev–Trinajstić information content (AvgIpc) is 2.73. The Morgan fingerprint density at radius 2 is 1.81 bits per heavy atom. The third-order valence-electron chi connectivity index (χ3n) is 5.26. The van der Waals surface area contributed by atoms with Gasteiger partial charge < -0.3 is 10.1 Å². The quantitative estimate of drug-likeness (QED) is 0.430. The first-order chi connectivity index (χ1) is 14.8. The highest BCUT2D eigenvalue weighted by molar-refractivity contribution is 8.00. The first kappa shape index (κ1) is 21.5. The molecule has 0 aliphatic carbocycles. The van der Waals surface area contributed by atoms with E-state index in [0.29, 0.717) is 18.9 Å². The summed E-state index contributed by atoms with van der Waals surface area (Å²) in [6.45, 7) is 8.56. The minimum Gasteiger partial charge on any atom is -0.370 e. The molecule has 1 aliphatic heterocycles. The second-order valence-corrected chi connectivity index (χ2v) is 9.81. The van der Waals surface area contributed by atoms with Gasteiger partial charge in [-0.15, -0.1) is 0 Å². The lowest BCUT2D eigenvalue weighted by Gasteiger charge is -2.32. The second-order valence-electron chi connectivity index (χ2n) is 8.48. The van der Waals surface area contributed by atoms with Crippen molar-refractivity contribution in [3.05, 3.63) is 71.4 Å². The van der Waals surface area contributed by atoms with Crippen LogP contribution in [-0.4, -0.2) is 26.7 Å². The molecule has 2 aromatic carbocycles. The summed E-state index contributed by atoms with van der Waals surface area (Å²) in [6.07, 6.45) is 0.710. The molecule has 0 fully saturated rings. The van der Waals surface area contributed by atoms with Gasteiger partial charge in [0, 0.05) is 23.2 Å². The topological polar surface area (TPSA) is 64.1 Å². The van der Waals surface area contributed by atoms with Gasteiger partial charge in [-0.2, -0.15) is 0 Å². The van der Waals surface area contributed by atoms with E-state index in [4.69, 9.17) is 14.7 Å². The maximum absolute atomic E-state index is 12.8. The van der Waals surface area contributed by atoms with Crippen molar-refractivity contribution < 1.29 is 9.53 Å². The largest absolute Gasteiger partial charge is 0.370 e. The number of anilines is 1. The molecule has 4 rings (SSSR count). The minimum atomic E-state index is -0.319. The molecule has 31 heavy (non-hydrogen) atoms. The van der Waals surface area contributed by atoms with Gasteiger partial charge in [0.25, 0.3) is 0 Å². The van der Waals surface area contributed by atoms with Crippen molar-refractivity contribution in [2.45, 2.75) is 56.6 Å². The molecule has 1 atom stereocenters. The molecule has 1 aliphatic rings. The Balaban J connectivity index is 1.64. The summed E-state index contributed by atoms with van der Waals surface area (Å²) in [5.41, 5.74) is 4.66. The van der Waals surface area contributed by atoms with Gasteiger partial charge in [0.2, 0.25) is 5.91 Å². The molecule has 0 saturated carbocycles. The number of amides is 1. The summed E-state index contributed by atoms with van der Waals surface area (Å²) in [5.74, 6) is 0.632. The molecule has 0 spiro atoms. The first-order valence-electron chi connectivity index (χ1n) is 10.4. The number of thioether (sulfide) groups is 1. The van der Waals surface area contributed by atoms with Gasteiger partial charge in [0.05, 0.1) is 23.2 Å². The van der Waals surface area contributed by atoms with Gasteiger partial charge in [-0.05, 0) is 39.8 Å². The first-order valence-corrected chi connectivity index (χ1v) is 11.3. The van der Waals surface area contributed by atoms with Crippen LogP contribution in [0.15, 0.2) is 59.6 Å². The average molecular weight is 434 g/mol. The Kier molecular flexibility index (Phi) is 6.12. The van der Waals surface area contributed by atoms with Crippen molar-refractivity contribution in [3.63, 3.8) is 0 Å². The zero-order valence-corrected chi connectivity index (χ0v) is 19.1. The molecule has 3 aromatic rings. The Labute approximate surface area is 187 Å². The summed E-state index contributed by atoms with van der Waals surface area (Å²) in [4.78, 5) is 22.5. The van der Waals surface area contributed by atoms with Crippen LogP contribution in [0.5, 0.6) is 0 Å². The predicted octanol–water partition coefficient (Wildman–Crippen LogP) is 5.42. The monoisotopic (exact) mass is 433 g/mol. The van der Waals surface area contributed by atoms with Gasteiger partial charge in [0.15, 0.2) is 5.82 Å². The SMILES string of the molecule is Cc1ccc(-c2nc3c(c(S[C@H](C)C(=O)Nc4ccccc4)n2)COC(C)(C)C3)cc1. The van der Waals surface area contributed by atoms with Crippen molar-refractivity contribution in [1.82, 2.24) is 9.97 Å². The van der Waals surface area contributed by atoms with E-state index < -0.39 is 0 Å². The lowest BCUT2D eigenvalue weighted by Crippen LogP contribution is -2.33. The van der Waals surface area contributed by atoms with E-state index in [1.807, 2.05) is 49.4 Å². The number of para-hydroxylation sites is 1. The van der Waals surface area contributed by atoms with Crippen molar-refractivity contribution >= 4 is 23.4 Å². The third-order valence-corrected chi connectivity index (χ3v) is 6.39. The molecule has 2 heterocycles. The molecule has 0 bridgehead atoms. The Morgan fingerprint density at radius 1 is 1.10 bits per heavy atom. The number of rotatable bonds is 5. The van der Waals surface area contributed by atoms with E-state index in [0.717, 1.165) is 27.5 Å². The van der Waals surface area contributed by atoms with E-state index in [2.05, 4.69) is 38.2 Å². The van der Waals surface area contributed by atoms with Crippen molar-refractivity contribution in [2.75, 3.05) is 5.32 Å². The van der Waals surface area contributed by atoms with Gasteiger partial charge in [-0.3, -0.25) is 4.79 Å². The number of nitrogens with zero attached hydrogens (tertiary/aromatic N) is 2. The van der Waals surface area contributed by atoms with E-state index in [9.17, 15) is 4.79 Å². The molecule has 0 saturated heterocycles. The van der Waals surface area contributed by atoms with Crippen LogP contribution >= 0.6 is 11.8 Å². The number of carbonyl (C=O) groups is 1. The molecular weight excluding hydrogens is 406 g/mol. The Morgan fingerprint density at radius 3 is 2.52 bits per heavy atom. The van der Waals surface area contributed by atoms with Gasteiger partial charge in [-0.25, -0.2) is 9.97 Å². The molecule has 5 nitrogen and oxygen atoms in total. The van der Waals surface area contributed by atoms with Crippen LogP contribution in [0.2, 0.25) is 0 Å². The molecule has 6 heteroatoms. The minimum absolute atomic E-state index is 0.0579. The second kappa shape index (κ2) is 8.81. The summed E-state index contributed by atoms with van der Waals surface area (Å²) in [7, 11) is 0. The summed E-state index contributed by atoms with van der Waals surface area (Å²) in [5, 5.41) is 3.47. The van der Waals surface area contributed by atoms with Gasteiger partial charge in [-0.1, -0.05) is 59.8 Å². The molecule has 1 aromatic heterocycles. The number of ether oxygens (including phenoxy) is 1. The van der Waals surface area contributed by atoms with Crippen LogP contribution in [-0.2, 0) is 22.6 Å². The number of aryl methyl sites for hydroxylation is 1. The van der Waals surface area contributed by atoms with Crippen LogP contribution in [0.1, 0.15) is 37.6 Å². The highest BCUT2D eigenvalue weighted by Crippen LogP contribution is 2.35. The zero-order chi connectivity index (χ0) is 22.0. The van der Waals surface area contributed by atoms with Crippen molar-refractivity contribution in [2.24, 2.45) is 0 Å². The smallest absolute Gasteiger partial charge is 0.237 e.